The Morgan fingerprint density at radius 1 is 0.348 bits per heavy atom. The van der Waals surface area contributed by atoms with Gasteiger partial charge in [0.1, 0.15) is 34.5 Å². The summed E-state index contributed by atoms with van der Waals surface area (Å²) >= 11 is 0. The number of carboxylic acids is 1. The third-order valence-corrected chi connectivity index (χ3v) is 27.5. The van der Waals surface area contributed by atoms with Gasteiger partial charge in [0.25, 0.3) is 5.97 Å². The molecule has 3 aliphatic carbocycles. The molecule has 0 aromatic heterocycles. The van der Waals surface area contributed by atoms with Gasteiger partial charge in [0.2, 0.25) is 5.84 Å². The number of aromatic hydroxyl groups is 6. The smallest absolute Gasteiger partial charge is 0.300 e. The maximum atomic E-state index is 11.6. The molecule has 11 rings (SSSR count). The van der Waals surface area contributed by atoms with Crippen LogP contribution in [0.15, 0.2) is 103 Å². The van der Waals surface area contributed by atoms with Crippen molar-refractivity contribution in [2.45, 2.75) is 453 Å². The molecule has 2 heterocycles. The number of carboxylic acid groups (broad SMARTS) is 1. The fraction of sp³-hybridized carbons (Fsp3) is 0.622. The van der Waals surface area contributed by atoms with Crippen LogP contribution in [0.2, 0.25) is 0 Å². The second-order valence-corrected chi connectivity index (χ2v) is 50.9. The van der Waals surface area contributed by atoms with E-state index >= 15 is 0 Å². The third-order valence-electron chi connectivity index (χ3n) is 27.5. The van der Waals surface area contributed by atoms with E-state index in [-0.39, 0.29) is 146 Å². The van der Waals surface area contributed by atoms with Gasteiger partial charge in [-0.2, -0.15) is 0 Å². The molecular weight excluding hydrogens is 1890 g/mol. The van der Waals surface area contributed by atoms with E-state index in [1.165, 1.54) is 78.6 Å². The molecule has 6 atom stereocenters. The number of hydrogen-bond acceptors (Lipinski definition) is 17. The van der Waals surface area contributed by atoms with E-state index in [0.717, 1.165) is 177 Å². The summed E-state index contributed by atoms with van der Waals surface area (Å²) in [5.41, 5.74) is 16.5. The predicted molar refractivity (Wildman–Crippen MR) is 576 cm³/mol. The zero-order chi connectivity index (χ0) is 104. The van der Waals surface area contributed by atoms with Gasteiger partial charge in [-0.05, 0) is 206 Å². The number of nitrogens with zero attached hydrogens (tertiary/aromatic N) is 8. The van der Waals surface area contributed by atoms with Gasteiger partial charge in [-0.1, -0.05) is 310 Å². The van der Waals surface area contributed by atoms with Crippen molar-refractivity contribution in [3.8, 4) is 34.5 Å². The first kappa shape index (κ1) is 125. The maximum absolute atomic E-state index is 11.6. The zero-order valence-electron chi connectivity index (χ0n) is 92.5. The molecule has 7 N–H and O–H groups in total. The van der Waals surface area contributed by atoms with E-state index in [9.17, 15) is 30.6 Å². The summed E-state index contributed by atoms with van der Waals surface area (Å²) in [7, 11) is 0. The Morgan fingerprint density at radius 2 is 0.560 bits per heavy atom. The molecule has 0 bridgehead atoms. The van der Waals surface area contributed by atoms with Crippen LogP contribution in [-0.2, 0) is 131 Å². The number of amidine groups is 1. The Hall–Kier alpha value is -7.97. The van der Waals surface area contributed by atoms with Gasteiger partial charge in [0, 0.05) is 169 Å². The summed E-state index contributed by atoms with van der Waals surface area (Å²) in [6, 6.07) is 25.7. The Balaban J connectivity index is 0.000000423. The van der Waals surface area contributed by atoms with E-state index in [1.54, 1.807) is 5.84 Å². The molecule has 0 amide bonds. The Bertz CT molecular complexity index is 4930. The van der Waals surface area contributed by atoms with Crippen LogP contribution < -0.4 is 5.26 Å². The van der Waals surface area contributed by atoms with Gasteiger partial charge in [-0.15, -0.1) is 0 Å². The molecular formula is C119H179Co3N8O11-. The monoisotopic (exact) mass is 2070 g/mol. The molecule has 6 aromatic carbocycles. The maximum Gasteiger partial charge on any atom is 0.300 e. The van der Waals surface area contributed by atoms with Crippen LogP contribution in [0.1, 0.15) is 451 Å². The van der Waals surface area contributed by atoms with Gasteiger partial charge < -0.3 is 50.7 Å². The van der Waals surface area contributed by atoms with Gasteiger partial charge in [0.15, 0.2) is 0 Å². The fourth-order valence-electron chi connectivity index (χ4n) is 18.5. The van der Waals surface area contributed by atoms with Crippen LogP contribution in [0.3, 0.4) is 0 Å². The Kier molecular flexibility index (Phi) is 46.1. The van der Waals surface area contributed by atoms with Gasteiger partial charge in [0.05, 0.1) is 62.4 Å². The largest absolute Gasteiger partial charge is 0.715 e. The van der Waals surface area contributed by atoms with E-state index in [0.29, 0.717) is 41.0 Å². The molecule has 0 saturated heterocycles. The van der Waals surface area contributed by atoms with Crippen LogP contribution in [0.5, 0.6) is 34.5 Å². The van der Waals surface area contributed by atoms with Gasteiger partial charge >= 0.3 is 0 Å². The predicted octanol–water partition coefficient (Wildman–Crippen LogP) is 26.2. The molecule has 3 fully saturated rings. The number of benzene rings is 6. The number of phenols is 6. The number of phenolic OH excluding ortho intramolecular Hbond substituents is 6. The number of aliphatic carboxylic acids is 1. The molecule has 19 nitrogen and oxygen atoms in total. The van der Waals surface area contributed by atoms with E-state index in [2.05, 4.69) is 316 Å². The number of aliphatic imine (C=N–C) groups is 6. The van der Waals surface area contributed by atoms with Crippen LogP contribution in [-0.4, -0.2) is 163 Å². The molecule has 5 aliphatic rings. The van der Waals surface area contributed by atoms with Gasteiger partial charge in [-0.25, -0.2) is 0 Å². The topological polar surface area (TPSA) is 288 Å². The molecule has 3 saturated carbocycles. The summed E-state index contributed by atoms with van der Waals surface area (Å²) in [4.78, 5) is 53.0. The Morgan fingerprint density at radius 3 is 0.773 bits per heavy atom. The minimum atomic E-state index is -0.833. The number of hydrogen-bond donors (Lipinski definition) is 7. The molecule has 0 spiro atoms. The normalized spacial score (nSPS) is 19.0. The zero-order valence-corrected chi connectivity index (χ0v) is 95.6. The SMILES string of the molecule is CC(=O)O.CC(C)(C)c1cc(C=NC2CCCC[C@@H]2N=Cc2cc(C(C)(C)C)cc(C(C)(C)C)c2O)c(O)c(CCCN2CCC[N+]3=C2CCCCC3)c1.CC(C)(C)c1cc(C=NC2CCCC[C@H]2N=Cc2cc(C(C)(C)C)cc(C(C)(C)C)c2O)c(O)c(C(C)(C)C)c1.CC(C)(C)c1cc(C=NC2CCCC[C@H]2N=Cc2cc(C(C)(C)C)cc(C(C)(C)C)c2O)c(O)c(C(C)(C)C)c1.O=[C-]O[O-].[Co].[Co].[Co]. The van der Waals surface area contributed by atoms with Crippen molar-refractivity contribution in [3.63, 3.8) is 0 Å². The summed E-state index contributed by atoms with van der Waals surface area (Å²) in [5, 5.41) is 83.7. The van der Waals surface area contributed by atoms with Crippen LogP contribution in [0, 0.1) is 0 Å². The van der Waals surface area contributed by atoms with Crippen molar-refractivity contribution in [2.24, 2.45) is 30.0 Å². The number of carbonyl (C=O) groups excluding carboxylic acids is 1. The standard InChI is InChI=1S/C44H66N4O2.2C36H54N2O2.C2H4O2.CHO3.3Co/c1-42(2,3)34-25-31(17-15-22-48-24-16-23-47-21-14-10-11-20-39(47)48)40(49)32(26-34)29-45-37-18-12-13-19-38(37)46-30-33-27-35(43(4,5)6)28-36(41(33)50)44(7,8)9;2*1-33(2,3)25-17-23(31(39)27(19-25)35(7,8)9)21-37-29-15-13-14-16-30(29)38-22-24-18-26(34(4,5)6)20-28(32(24)40)36(10,11)12;1-2(3)4;2-1-4-3;;;/h25-30,37-38H,10-24H2,1-9H3,(H-,45,46,49,50);2*17-22,29-30,39-40H,13-16H2,1-12H3;1H3,(H,3,4);3H;;;/q;;;;-1;;;/t37?,38-;2*29-,30?;;;;;/m011...../s1. The average molecular weight is 2070 g/mol. The van der Waals surface area contributed by atoms with E-state index in [1.807, 2.05) is 37.3 Å². The van der Waals surface area contributed by atoms with Crippen molar-refractivity contribution >= 4 is 55.6 Å². The molecule has 6 aromatic rings. The van der Waals surface area contributed by atoms with Crippen molar-refractivity contribution in [2.75, 3.05) is 26.2 Å². The van der Waals surface area contributed by atoms with Crippen molar-refractivity contribution in [1.29, 1.82) is 0 Å². The summed E-state index contributed by atoms with van der Waals surface area (Å²) < 4.78 is 2.64. The second-order valence-electron chi connectivity index (χ2n) is 50.9. The van der Waals surface area contributed by atoms with Crippen molar-refractivity contribution < 1.29 is 110 Å². The first-order valence-electron chi connectivity index (χ1n) is 51.2. The molecule has 141 heavy (non-hydrogen) atoms. The molecule has 22 heteroatoms. The molecule has 3 radical (unpaired) electrons. The first-order valence-corrected chi connectivity index (χ1v) is 51.2. The fourth-order valence-corrected chi connectivity index (χ4v) is 18.5. The van der Waals surface area contributed by atoms with Crippen molar-refractivity contribution in [3.05, 3.63) is 173 Å². The van der Waals surface area contributed by atoms with Crippen molar-refractivity contribution in [1.82, 2.24) is 4.90 Å². The molecule has 3 unspecified atom stereocenters. The summed E-state index contributed by atoms with van der Waals surface area (Å²) in [6.45, 7) is 78.2. The first-order chi connectivity index (χ1) is 63.5. The quantitative estimate of drug-likeness (QED) is 0.0148. The number of aryl methyl sites for hydroxylation is 1. The second kappa shape index (κ2) is 51.9. The summed E-state index contributed by atoms with van der Waals surface area (Å²) in [6.07, 6.45) is 32.1. The van der Waals surface area contributed by atoms with Crippen LogP contribution in [0.25, 0.3) is 0 Å². The number of rotatable bonds is 17. The van der Waals surface area contributed by atoms with E-state index in [4.69, 9.17) is 49.9 Å². The van der Waals surface area contributed by atoms with E-state index < -0.39 is 5.97 Å². The third kappa shape index (κ3) is 36.9. The average Bonchev–Trinajstić information content (AvgIpc) is 1.14. The Labute approximate surface area is 881 Å². The molecule has 2 aliphatic heterocycles. The summed E-state index contributed by atoms with van der Waals surface area (Å²) in [5.74, 6) is 2.70. The van der Waals surface area contributed by atoms with Crippen LogP contribution >= 0.6 is 0 Å². The van der Waals surface area contributed by atoms with Crippen LogP contribution in [0.4, 0.5) is 0 Å². The van der Waals surface area contributed by atoms with Gasteiger partial charge in [-0.3, -0.25) is 44.2 Å². The molecule has 789 valence electrons. The minimum Gasteiger partial charge on any atom is -0.715 e. The number of carbonyl (C=O) groups is 1. The minimum absolute atomic E-state index is 0.